The van der Waals surface area contributed by atoms with Crippen molar-refractivity contribution < 1.29 is 19.4 Å². The molecule has 5 rings (SSSR count). The van der Waals surface area contributed by atoms with Crippen molar-refractivity contribution in [3.05, 3.63) is 47.5 Å². The van der Waals surface area contributed by atoms with Gasteiger partial charge in [-0.25, -0.2) is 0 Å². The molecule has 35 heavy (non-hydrogen) atoms. The molecule has 0 bridgehead atoms. The van der Waals surface area contributed by atoms with E-state index < -0.39 is 12.2 Å². The third-order valence-electron chi connectivity index (χ3n) is 7.23. The Labute approximate surface area is 207 Å². The van der Waals surface area contributed by atoms with Crippen LogP contribution in [0, 0.1) is 0 Å². The van der Waals surface area contributed by atoms with Gasteiger partial charge in [-0.3, -0.25) is 4.79 Å². The Bertz CT molecular complexity index is 1030. The minimum Gasteiger partial charge on any atom is -0.478 e. The summed E-state index contributed by atoms with van der Waals surface area (Å²) in [7, 11) is 2.13. The Hall–Kier alpha value is -2.81. The number of carbonyl (C=O) groups is 1. The van der Waals surface area contributed by atoms with Gasteiger partial charge in [0.2, 0.25) is 0 Å². The molecule has 2 aromatic carbocycles. The molecule has 0 aliphatic carbocycles. The zero-order valence-electron chi connectivity index (χ0n) is 20.7. The van der Waals surface area contributed by atoms with Gasteiger partial charge in [-0.05, 0) is 74.3 Å². The first kappa shape index (κ1) is 23.9. The van der Waals surface area contributed by atoms with Crippen LogP contribution in [0.1, 0.15) is 30.6 Å². The number of benzene rings is 2. The third kappa shape index (κ3) is 5.39. The molecule has 1 amide bonds. The van der Waals surface area contributed by atoms with E-state index in [0.29, 0.717) is 6.42 Å². The molecular weight excluding hydrogens is 444 g/mol. The zero-order valence-corrected chi connectivity index (χ0v) is 20.7. The minimum absolute atomic E-state index is 0.126. The van der Waals surface area contributed by atoms with Gasteiger partial charge in [-0.2, -0.15) is 0 Å². The molecule has 8 nitrogen and oxygen atoms in total. The van der Waals surface area contributed by atoms with E-state index in [9.17, 15) is 9.90 Å². The van der Waals surface area contributed by atoms with Gasteiger partial charge in [-0.1, -0.05) is 0 Å². The van der Waals surface area contributed by atoms with Gasteiger partial charge >= 0.3 is 0 Å². The highest BCUT2D eigenvalue weighted by Crippen LogP contribution is 2.40. The first-order chi connectivity index (χ1) is 17.0. The van der Waals surface area contributed by atoms with E-state index in [1.54, 1.807) is 6.92 Å². The lowest BCUT2D eigenvalue weighted by Crippen LogP contribution is -2.45. The van der Waals surface area contributed by atoms with Crippen molar-refractivity contribution >= 4 is 23.0 Å². The second-order valence-corrected chi connectivity index (χ2v) is 9.78. The summed E-state index contributed by atoms with van der Waals surface area (Å²) < 4.78 is 11.8. The number of aliphatic hydroxyl groups excluding tert-OH is 1. The summed E-state index contributed by atoms with van der Waals surface area (Å²) in [6, 6.07) is 12.0. The zero-order chi connectivity index (χ0) is 24.4. The summed E-state index contributed by atoms with van der Waals surface area (Å²) in [5.41, 5.74) is 4.85. The number of hydrogen-bond acceptors (Lipinski definition) is 7. The van der Waals surface area contributed by atoms with Gasteiger partial charge in [-0.15, -0.1) is 0 Å². The lowest BCUT2D eigenvalue weighted by Gasteiger charge is -2.37. The molecule has 2 atom stereocenters. The number of ether oxygens (including phenoxy) is 2. The fraction of sp³-hybridized carbons (Fsp3) is 0.519. The summed E-state index contributed by atoms with van der Waals surface area (Å²) in [6.07, 6.45) is 0.249. The Morgan fingerprint density at radius 3 is 2.43 bits per heavy atom. The normalized spacial score (nSPS) is 21.7. The summed E-state index contributed by atoms with van der Waals surface area (Å²) in [5.74, 6) is 0.659. The van der Waals surface area contributed by atoms with Crippen LogP contribution in [0.4, 0.5) is 17.1 Å². The molecule has 2 aromatic rings. The van der Waals surface area contributed by atoms with E-state index in [1.165, 1.54) is 0 Å². The van der Waals surface area contributed by atoms with Crippen molar-refractivity contribution in [3.8, 4) is 5.75 Å². The third-order valence-corrected chi connectivity index (χ3v) is 7.23. The van der Waals surface area contributed by atoms with Crippen molar-refractivity contribution in [1.29, 1.82) is 0 Å². The van der Waals surface area contributed by atoms with Crippen LogP contribution in [-0.2, 0) is 16.0 Å². The van der Waals surface area contributed by atoms with Crippen LogP contribution in [-0.4, -0.2) is 81.5 Å². The number of anilines is 3. The van der Waals surface area contributed by atoms with E-state index >= 15 is 0 Å². The van der Waals surface area contributed by atoms with Crippen molar-refractivity contribution in [1.82, 2.24) is 4.90 Å². The number of amides is 1. The van der Waals surface area contributed by atoms with E-state index in [1.807, 2.05) is 36.4 Å². The van der Waals surface area contributed by atoms with Crippen LogP contribution < -0.4 is 19.9 Å². The highest BCUT2D eigenvalue weighted by atomic mass is 16.5. The molecule has 2 N–H and O–H groups in total. The molecule has 0 aromatic heterocycles. The molecule has 8 heteroatoms. The fourth-order valence-corrected chi connectivity index (χ4v) is 5.01. The van der Waals surface area contributed by atoms with Crippen molar-refractivity contribution in [2.24, 2.45) is 0 Å². The molecule has 0 saturated carbocycles. The van der Waals surface area contributed by atoms with Gasteiger partial charge in [0.15, 0.2) is 6.10 Å². The second kappa shape index (κ2) is 10.4. The molecule has 2 unspecified atom stereocenters. The predicted octanol–water partition coefficient (Wildman–Crippen LogP) is 2.66. The summed E-state index contributed by atoms with van der Waals surface area (Å²) in [5, 5.41) is 13.3. The maximum atomic E-state index is 13.1. The average molecular weight is 481 g/mol. The van der Waals surface area contributed by atoms with Gasteiger partial charge < -0.3 is 34.6 Å². The van der Waals surface area contributed by atoms with Crippen molar-refractivity contribution in [3.63, 3.8) is 0 Å². The number of nitrogens with one attached hydrogen (secondary N) is 1. The molecule has 3 aliphatic heterocycles. The second-order valence-electron chi connectivity index (χ2n) is 9.78. The quantitative estimate of drug-likeness (QED) is 0.681. The van der Waals surface area contributed by atoms with Crippen LogP contribution >= 0.6 is 0 Å². The number of hydrogen-bond donors (Lipinski definition) is 2. The van der Waals surface area contributed by atoms with E-state index in [-0.39, 0.29) is 5.91 Å². The maximum Gasteiger partial charge on any atom is 0.265 e. The summed E-state index contributed by atoms with van der Waals surface area (Å²) in [6.45, 7) is 8.77. The molecule has 3 aliphatic rings. The number of piperazine rings is 1. The van der Waals surface area contributed by atoms with Crippen LogP contribution in [0.3, 0.4) is 0 Å². The first-order valence-electron chi connectivity index (χ1n) is 12.7. The van der Waals surface area contributed by atoms with Gasteiger partial charge in [0.05, 0.1) is 25.0 Å². The van der Waals surface area contributed by atoms with E-state index in [0.717, 1.165) is 92.8 Å². The van der Waals surface area contributed by atoms with Gasteiger partial charge in [0.1, 0.15) is 5.75 Å². The Kier molecular flexibility index (Phi) is 7.13. The summed E-state index contributed by atoms with van der Waals surface area (Å²) in [4.78, 5) is 20.1. The fourth-order valence-electron chi connectivity index (χ4n) is 5.01. The SMILES string of the molecule is CC(O)c1cc2c(c(N3CCN(C)CC3)c1)OC(C(=O)Nc1ccc(N3CCOCC3)cc1)CC2. The predicted molar refractivity (Wildman–Crippen MR) is 138 cm³/mol. The van der Waals surface area contributed by atoms with E-state index in [4.69, 9.17) is 9.47 Å². The van der Waals surface area contributed by atoms with Crippen LogP contribution in [0.2, 0.25) is 0 Å². The number of likely N-dealkylation sites (N-methyl/N-ethyl adjacent to an activating group) is 1. The molecule has 0 spiro atoms. The Morgan fingerprint density at radius 1 is 1.03 bits per heavy atom. The Morgan fingerprint density at radius 2 is 1.74 bits per heavy atom. The molecular formula is C27H36N4O4. The largest absolute Gasteiger partial charge is 0.478 e. The van der Waals surface area contributed by atoms with Crippen LogP contribution in [0.25, 0.3) is 0 Å². The van der Waals surface area contributed by atoms with Crippen molar-refractivity contribution in [2.75, 3.05) is 74.6 Å². The highest BCUT2D eigenvalue weighted by Gasteiger charge is 2.31. The Balaban J connectivity index is 1.30. The number of aliphatic hydroxyl groups is 1. The van der Waals surface area contributed by atoms with Gasteiger partial charge in [0, 0.05) is 50.6 Å². The summed E-state index contributed by atoms with van der Waals surface area (Å²) >= 11 is 0. The molecule has 188 valence electrons. The number of nitrogens with zero attached hydrogens (tertiary/aromatic N) is 3. The maximum absolute atomic E-state index is 13.1. The van der Waals surface area contributed by atoms with E-state index in [2.05, 4.69) is 27.1 Å². The number of morpholine rings is 1. The molecule has 2 fully saturated rings. The van der Waals surface area contributed by atoms with Crippen LogP contribution in [0.5, 0.6) is 5.75 Å². The van der Waals surface area contributed by atoms with Crippen molar-refractivity contribution in [2.45, 2.75) is 32.0 Å². The molecule has 3 heterocycles. The molecule has 2 saturated heterocycles. The standard InChI is InChI=1S/C27H36N4O4/c1-19(32)21-17-20-3-8-25(35-26(20)24(18-21)31-11-9-29(2)10-12-31)27(33)28-22-4-6-23(7-5-22)30-13-15-34-16-14-30/h4-7,17-19,25,32H,3,8-16H2,1-2H3,(H,28,33). The first-order valence-corrected chi connectivity index (χ1v) is 12.7. The number of rotatable bonds is 5. The monoisotopic (exact) mass is 480 g/mol. The molecule has 0 radical (unpaired) electrons. The topological polar surface area (TPSA) is 77.5 Å². The number of carbonyl (C=O) groups excluding carboxylic acids is 1. The smallest absolute Gasteiger partial charge is 0.265 e. The lowest BCUT2D eigenvalue weighted by molar-refractivity contribution is -0.123. The number of aryl methyl sites for hydroxylation is 1. The highest BCUT2D eigenvalue weighted by molar-refractivity contribution is 5.95. The van der Waals surface area contributed by atoms with Gasteiger partial charge in [0.25, 0.3) is 5.91 Å². The van der Waals surface area contributed by atoms with Crippen LogP contribution in [0.15, 0.2) is 36.4 Å². The average Bonchev–Trinajstić information content (AvgIpc) is 2.89. The lowest BCUT2D eigenvalue weighted by atomic mass is 9.96. The number of fused-ring (bicyclic) bond motifs is 1. The minimum atomic E-state index is -0.551.